The van der Waals surface area contributed by atoms with Crippen LogP contribution in [0, 0.1) is 3.57 Å². The highest BCUT2D eigenvalue weighted by Gasteiger charge is 2.40. The fourth-order valence-electron chi connectivity index (χ4n) is 1.15. The van der Waals surface area contributed by atoms with Gasteiger partial charge in [0.2, 0.25) is 0 Å². The average Bonchev–Trinajstić information content (AvgIpc) is 2.55. The summed E-state index contributed by atoms with van der Waals surface area (Å²) in [6.45, 7) is -0.00191. The molecule has 0 aromatic carbocycles. The molecule has 0 unspecified atom stereocenters. The molecule has 0 radical (unpaired) electrons. The van der Waals surface area contributed by atoms with Crippen LogP contribution in [0.5, 0.6) is 0 Å². The number of alkyl halides is 4. The molecule has 9 heteroatoms. The normalized spacial score (nSPS) is 11.6. The maximum atomic E-state index is 12.6. The number of hydrogen-bond acceptors (Lipinski definition) is 3. The van der Waals surface area contributed by atoms with Gasteiger partial charge in [0.05, 0.1) is 17.2 Å². The molecule has 0 spiro atoms. The minimum Gasteiger partial charge on any atom is -0.464 e. The van der Waals surface area contributed by atoms with Crippen molar-refractivity contribution in [1.29, 1.82) is 0 Å². The van der Waals surface area contributed by atoms with Gasteiger partial charge in [0.15, 0.2) is 11.4 Å². The lowest BCUT2D eigenvalue weighted by Gasteiger charge is -2.03. The number of hydrogen-bond donors (Lipinski definition) is 0. The van der Waals surface area contributed by atoms with Gasteiger partial charge in [-0.2, -0.15) is 18.3 Å². The minimum absolute atomic E-state index is 0.00191. The highest BCUT2D eigenvalue weighted by molar-refractivity contribution is 14.1. The first kappa shape index (κ1) is 14.6. The second-order valence-electron chi connectivity index (χ2n) is 2.91. The summed E-state index contributed by atoms with van der Waals surface area (Å²) in [5, 5.41) is 3.34. The van der Waals surface area contributed by atoms with Crippen LogP contribution in [0.25, 0.3) is 0 Å². The van der Waals surface area contributed by atoms with Gasteiger partial charge in [-0.1, -0.05) is 0 Å². The van der Waals surface area contributed by atoms with Crippen LogP contribution >= 0.6 is 34.2 Å². The fourth-order valence-corrected chi connectivity index (χ4v) is 2.23. The Labute approximate surface area is 113 Å². The zero-order valence-electron chi connectivity index (χ0n) is 8.51. The third kappa shape index (κ3) is 3.03. The van der Waals surface area contributed by atoms with Crippen LogP contribution in [-0.2, 0) is 17.5 Å². The number of aromatic nitrogens is 2. The van der Waals surface area contributed by atoms with Gasteiger partial charge in [-0.15, -0.1) is 11.6 Å². The van der Waals surface area contributed by atoms with Gasteiger partial charge in [-0.05, 0) is 22.6 Å². The summed E-state index contributed by atoms with van der Waals surface area (Å²) in [6, 6.07) is 0. The van der Waals surface area contributed by atoms with Crippen LogP contribution in [0.4, 0.5) is 13.2 Å². The van der Waals surface area contributed by atoms with Gasteiger partial charge >= 0.3 is 12.1 Å². The molecule has 0 atom stereocenters. The molecule has 0 saturated heterocycles. The smallest absolute Gasteiger partial charge is 0.436 e. The summed E-state index contributed by atoms with van der Waals surface area (Å²) in [7, 11) is 1.09. The zero-order chi connectivity index (χ0) is 13.2. The molecule has 0 amide bonds. The van der Waals surface area contributed by atoms with E-state index in [0.717, 1.165) is 11.8 Å². The van der Waals surface area contributed by atoms with E-state index in [9.17, 15) is 18.0 Å². The zero-order valence-corrected chi connectivity index (χ0v) is 11.4. The van der Waals surface area contributed by atoms with E-state index in [2.05, 4.69) is 9.84 Å². The van der Waals surface area contributed by atoms with Crippen molar-refractivity contribution in [2.45, 2.75) is 12.7 Å². The standard InChI is InChI=1S/C8H7ClF3IN2O2/c1-17-7(16)5-4(13)6(8(10,11)12)14-15(5)3-2-9/h2-3H2,1H3. The van der Waals surface area contributed by atoms with E-state index >= 15 is 0 Å². The Morgan fingerprint density at radius 2 is 2.18 bits per heavy atom. The predicted molar refractivity (Wildman–Crippen MR) is 62.0 cm³/mol. The molecular formula is C8H7ClF3IN2O2. The quantitative estimate of drug-likeness (QED) is 0.458. The Balaban J connectivity index is 3.35. The first-order valence-corrected chi connectivity index (χ1v) is 5.92. The molecule has 0 bridgehead atoms. The number of nitrogens with zero attached hydrogens (tertiary/aromatic N) is 2. The van der Waals surface area contributed by atoms with Crippen molar-refractivity contribution in [3.05, 3.63) is 15.0 Å². The van der Waals surface area contributed by atoms with E-state index in [1.54, 1.807) is 0 Å². The van der Waals surface area contributed by atoms with Crippen molar-refractivity contribution in [3.63, 3.8) is 0 Å². The highest BCUT2D eigenvalue weighted by Crippen LogP contribution is 2.33. The monoisotopic (exact) mass is 382 g/mol. The van der Waals surface area contributed by atoms with Crippen LogP contribution in [0.2, 0.25) is 0 Å². The third-order valence-electron chi connectivity index (χ3n) is 1.84. The number of aryl methyl sites for hydroxylation is 1. The molecule has 4 nitrogen and oxygen atoms in total. The van der Waals surface area contributed by atoms with E-state index in [-0.39, 0.29) is 21.7 Å². The van der Waals surface area contributed by atoms with Crippen molar-refractivity contribution >= 4 is 40.2 Å². The van der Waals surface area contributed by atoms with Gasteiger partial charge in [-0.25, -0.2) is 4.79 Å². The lowest BCUT2D eigenvalue weighted by atomic mass is 10.3. The molecule has 0 aliphatic heterocycles. The summed E-state index contributed by atoms with van der Waals surface area (Å²) in [5.74, 6) is -0.832. The molecule has 1 rings (SSSR count). The number of esters is 1. The Bertz CT molecular complexity index is 433. The lowest BCUT2D eigenvalue weighted by molar-refractivity contribution is -0.142. The number of methoxy groups -OCH3 is 1. The molecule has 1 heterocycles. The van der Waals surface area contributed by atoms with Gasteiger partial charge in [0.1, 0.15) is 0 Å². The summed E-state index contributed by atoms with van der Waals surface area (Å²) < 4.78 is 42.8. The second-order valence-corrected chi connectivity index (χ2v) is 4.37. The molecule has 1 aromatic rings. The number of carbonyl (C=O) groups is 1. The van der Waals surface area contributed by atoms with Gasteiger partial charge in [-0.3, -0.25) is 4.68 Å². The molecule has 96 valence electrons. The van der Waals surface area contributed by atoms with Crippen molar-refractivity contribution in [1.82, 2.24) is 9.78 Å². The third-order valence-corrected chi connectivity index (χ3v) is 3.03. The maximum Gasteiger partial charge on any atom is 0.436 e. The second kappa shape index (κ2) is 5.42. The van der Waals surface area contributed by atoms with Crippen molar-refractivity contribution in [3.8, 4) is 0 Å². The number of halogens is 5. The maximum absolute atomic E-state index is 12.6. The molecule has 0 fully saturated rings. The molecule has 0 aliphatic carbocycles. The fraction of sp³-hybridized carbons (Fsp3) is 0.500. The molecule has 0 aliphatic rings. The summed E-state index contributed by atoms with van der Waals surface area (Å²) in [5.41, 5.74) is -1.34. The topological polar surface area (TPSA) is 44.1 Å². The van der Waals surface area contributed by atoms with Crippen molar-refractivity contribution in [2.75, 3.05) is 13.0 Å². The molecule has 1 aromatic heterocycles. The van der Waals surface area contributed by atoms with E-state index < -0.39 is 17.8 Å². The molecule has 17 heavy (non-hydrogen) atoms. The number of rotatable bonds is 3. The Kier molecular flexibility index (Phi) is 4.64. The number of ether oxygens (including phenoxy) is 1. The van der Waals surface area contributed by atoms with E-state index in [0.29, 0.717) is 0 Å². The SMILES string of the molecule is COC(=O)c1c(I)c(C(F)(F)F)nn1CCCl. The van der Waals surface area contributed by atoms with Gasteiger partial charge in [0.25, 0.3) is 0 Å². The van der Waals surface area contributed by atoms with Gasteiger partial charge in [0, 0.05) is 5.88 Å². The lowest BCUT2D eigenvalue weighted by Crippen LogP contribution is -2.13. The van der Waals surface area contributed by atoms with Crippen LogP contribution in [0.3, 0.4) is 0 Å². The first-order valence-electron chi connectivity index (χ1n) is 4.30. The van der Waals surface area contributed by atoms with Crippen LogP contribution in [0.15, 0.2) is 0 Å². The first-order chi connectivity index (χ1) is 7.82. The van der Waals surface area contributed by atoms with Crippen LogP contribution < -0.4 is 0 Å². The predicted octanol–water partition coefficient (Wildman–Crippen LogP) is 2.53. The minimum atomic E-state index is -4.61. The van der Waals surface area contributed by atoms with Crippen molar-refractivity contribution in [2.24, 2.45) is 0 Å². The van der Waals surface area contributed by atoms with Crippen molar-refractivity contribution < 1.29 is 22.7 Å². The Morgan fingerprint density at radius 3 is 2.59 bits per heavy atom. The largest absolute Gasteiger partial charge is 0.464 e. The van der Waals surface area contributed by atoms with Gasteiger partial charge < -0.3 is 4.74 Å². The molecular weight excluding hydrogens is 375 g/mol. The Morgan fingerprint density at radius 1 is 1.59 bits per heavy atom. The summed E-state index contributed by atoms with van der Waals surface area (Å²) in [6.07, 6.45) is -4.61. The van der Waals surface area contributed by atoms with Crippen LogP contribution in [0.1, 0.15) is 16.2 Å². The number of carbonyl (C=O) groups excluding carboxylic acids is 1. The average molecular weight is 383 g/mol. The van der Waals surface area contributed by atoms with Crippen LogP contribution in [-0.4, -0.2) is 28.7 Å². The van der Waals surface area contributed by atoms with E-state index in [1.165, 1.54) is 22.6 Å². The molecule has 0 saturated carbocycles. The Hall–Kier alpha value is -0.510. The van der Waals surface area contributed by atoms with E-state index in [4.69, 9.17) is 11.6 Å². The highest BCUT2D eigenvalue weighted by atomic mass is 127. The van der Waals surface area contributed by atoms with E-state index in [1.807, 2.05) is 0 Å². The molecule has 0 N–H and O–H groups in total. The summed E-state index contributed by atoms with van der Waals surface area (Å²) in [4.78, 5) is 11.4. The summed E-state index contributed by atoms with van der Waals surface area (Å²) >= 11 is 6.85.